The van der Waals surface area contributed by atoms with Gasteiger partial charge in [-0.05, 0) is 12.1 Å². The van der Waals surface area contributed by atoms with Crippen LogP contribution in [0.1, 0.15) is 0 Å². The van der Waals surface area contributed by atoms with E-state index in [1.165, 1.54) is 0 Å². The molecule has 0 spiro atoms. The molecule has 3 nitrogen and oxygen atoms in total. The molecule has 0 N–H and O–H groups in total. The predicted molar refractivity (Wildman–Crippen MR) is 127 cm³/mol. The van der Waals surface area contributed by atoms with Crippen molar-refractivity contribution in [1.29, 1.82) is 5.26 Å². The maximum absolute atomic E-state index is 9.93. The molecule has 0 radical (unpaired) electrons. The summed E-state index contributed by atoms with van der Waals surface area (Å²) in [6, 6.07) is 42.4. The molecule has 0 bridgehead atoms. The molecule has 4 rings (SSSR count). The molecule has 4 heteroatoms. The number of nitrogens with zero attached hydrogens (tertiary/aromatic N) is 3. The third-order valence-corrected chi connectivity index (χ3v) is 8.35. The zero-order chi connectivity index (χ0) is 20.7. The van der Waals surface area contributed by atoms with Crippen LogP contribution in [0.25, 0.3) is 0 Å². The smallest absolute Gasteiger partial charge is 0.225 e. The molecule has 0 saturated carbocycles. The molecule has 0 heterocycles. The average Bonchev–Trinajstić information content (AvgIpc) is 2.84. The fraction of sp³-hybridized carbons (Fsp3) is 0. The van der Waals surface area contributed by atoms with Crippen molar-refractivity contribution in [3.8, 4) is 6.07 Å². The van der Waals surface area contributed by atoms with Crippen LogP contribution in [0.4, 0.5) is 5.69 Å². The molecule has 0 aliphatic heterocycles. The third-order valence-electron chi connectivity index (χ3n) is 4.73. The lowest BCUT2D eigenvalue weighted by Gasteiger charge is -2.26. The van der Waals surface area contributed by atoms with Gasteiger partial charge in [0.2, 0.25) is 5.84 Å². The van der Waals surface area contributed by atoms with E-state index in [4.69, 9.17) is 4.74 Å². The minimum Gasteiger partial charge on any atom is -0.225 e. The lowest BCUT2D eigenvalue weighted by atomic mass is 10.3. The maximum Gasteiger partial charge on any atom is 0.232 e. The Labute approximate surface area is 177 Å². The normalized spacial score (nSPS) is 11.5. The van der Waals surface area contributed by atoms with Crippen LogP contribution in [-0.2, 0) is 0 Å². The Balaban J connectivity index is 2.09. The van der Waals surface area contributed by atoms with Crippen molar-refractivity contribution in [2.45, 2.75) is 0 Å². The second-order valence-corrected chi connectivity index (χ2v) is 9.64. The van der Waals surface area contributed by atoms with Gasteiger partial charge in [-0.3, -0.25) is 0 Å². The highest BCUT2D eigenvalue weighted by Gasteiger charge is 2.28. The van der Waals surface area contributed by atoms with Gasteiger partial charge in [-0.25, -0.2) is 9.74 Å². The number of nitriles is 1. The van der Waals surface area contributed by atoms with Crippen LogP contribution < -0.4 is 15.9 Å². The van der Waals surface area contributed by atoms with Crippen molar-refractivity contribution in [3.05, 3.63) is 121 Å². The van der Waals surface area contributed by atoms with E-state index in [1.54, 1.807) is 0 Å². The van der Waals surface area contributed by atoms with Gasteiger partial charge in [0.15, 0.2) is 0 Å². The van der Waals surface area contributed by atoms with Gasteiger partial charge in [-0.2, -0.15) is 5.26 Å². The largest absolute Gasteiger partial charge is 0.232 e. The maximum atomic E-state index is 9.93. The van der Waals surface area contributed by atoms with Crippen molar-refractivity contribution in [2.75, 3.05) is 0 Å². The van der Waals surface area contributed by atoms with E-state index in [0.29, 0.717) is 5.69 Å². The molecule has 30 heavy (non-hydrogen) atoms. The molecule has 0 unspecified atom stereocenters. The van der Waals surface area contributed by atoms with E-state index in [2.05, 4.69) is 47.5 Å². The Morgan fingerprint density at radius 3 is 1.30 bits per heavy atom. The van der Waals surface area contributed by atoms with Crippen molar-refractivity contribution in [2.24, 2.45) is 9.74 Å². The van der Waals surface area contributed by atoms with Gasteiger partial charge in [0.1, 0.15) is 6.07 Å². The lowest BCUT2D eigenvalue weighted by Crippen LogP contribution is -2.26. The summed E-state index contributed by atoms with van der Waals surface area (Å²) in [6.45, 7) is 0. The molecule has 0 fully saturated rings. The Hall–Kier alpha value is -3.73. The van der Waals surface area contributed by atoms with Gasteiger partial charge in [-0.15, -0.1) is 0 Å². The fourth-order valence-corrected chi connectivity index (χ4v) is 6.81. The first-order chi connectivity index (χ1) is 14.8. The van der Waals surface area contributed by atoms with E-state index in [0.717, 1.165) is 15.9 Å². The number of amidine groups is 1. The standard InChI is InChI=1S/C26H20N3P/c27-21-26(28-22-13-5-1-6-14-22)29-30(23-15-7-2-8-16-23,24-17-9-3-10-18-24)25-19-11-4-12-20-25/h1-20H. The van der Waals surface area contributed by atoms with E-state index in [1.807, 2.05) is 84.9 Å². The second-order valence-electron chi connectivity index (χ2n) is 6.62. The van der Waals surface area contributed by atoms with E-state index in [-0.39, 0.29) is 5.84 Å². The quantitative estimate of drug-likeness (QED) is 0.254. The Morgan fingerprint density at radius 2 is 0.933 bits per heavy atom. The molecular weight excluding hydrogens is 385 g/mol. The van der Waals surface area contributed by atoms with Gasteiger partial charge in [-0.1, -0.05) is 109 Å². The molecule has 0 atom stereocenters. The summed E-state index contributed by atoms with van der Waals surface area (Å²) in [6.07, 6.45) is 0. The van der Waals surface area contributed by atoms with Gasteiger partial charge in [0.25, 0.3) is 0 Å². The minimum absolute atomic E-state index is 0.172. The monoisotopic (exact) mass is 405 g/mol. The third kappa shape index (κ3) is 4.01. The van der Waals surface area contributed by atoms with Gasteiger partial charge < -0.3 is 0 Å². The van der Waals surface area contributed by atoms with Crippen molar-refractivity contribution < 1.29 is 0 Å². The van der Waals surface area contributed by atoms with Crippen LogP contribution >= 0.6 is 7.05 Å². The summed E-state index contributed by atoms with van der Waals surface area (Å²) < 4.78 is 5.13. The van der Waals surface area contributed by atoms with E-state index < -0.39 is 7.05 Å². The number of para-hydroxylation sites is 1. The molecular formula is C26H20N3P. The Bertz CT molecular complexity index is 1120. The molecule has 4 aromatic rings. The van der Waals surface area contributed by atoms with E-state index in [9.17, 15) is 5.26 Å². The molecule has 0 aromatic heterocycles. The molecule has 0 aliphatic carbocycles. The molecule has 4 aromatic carbocycles. The molecule has 144 valence electrons. The lowest BCUT2D eigenvalue weighted by molar-refractivity contribution is 1.46. The highest BCUT2D eigenvalue weighted by atomic mass is 31.2. The summed E-state index contributed by atoms with van der Waals surface area (Å²) >= 11 is 0. The summed E-state index contributed by atoms with van der Waals surface area (Å²) in [5.74, 6) is 0.172. The minimum atomic E-state index is -2.49. The summed E-state index contributed by atoms with van der Waals surface area (Å²) in [5.41, 5.74) is 0.713. The second kappa shape index (κ2) is 9.18. The summed E-state index contributed by atoms with van der Waals surface area (Å²) in [5, 5.41) is 13.2. The van der Waals surface area contributed by atoms with Crippen molar-refractivity contribution in [1.82, 2.24) is 0 Å². The number of hydrogen-bond donors (Lipinski definition) is 0. The van der Waals surface area contributed by atoms with Gasteiger partial charge >= 0.3 is 0 Å². The first-order valence-corrected chi connectivity index (χ1v) is 11.4. The number of benzene rings is 4. The zero-order valence-electron chi connectivity index (χ0n) is 16.3. The summed E-state index contributed by atoms with van der Waals surface area (Å²) in [4.78, 5) is 4.56. The number of hydrogen-bond acceptors (Lipinski definition) is 2. The average molecular weight is 405 g/mol. The van der Waals surface area contributed by atoms with Crippen LogP contribution in [0.2, 0.25) is 0 Å². The van der Waals surface area contributed by atoms with Gasteiger partial charge in [0, 0.05) is 15.9 Å². The highest BCUT2D eigenvalue weighted by Crippen LogP contribution is 2.46. The van der Waals surface area contributed by atoms with Crippen molar-refractivity contribution >= 4 is 34.5 Å². The van der Waals surface area contributed by atoms with Crippen LogP contribution in [0.15, 0.2) is 131 Å². The first kappa shape index (κ1) is 19.6. The van der Waals surface area contributed by atoms with Crippen LogP contribution in [0.5, 0.6) is 0 Å². The molecule has 0 saturated heterocycles. The van der Waals surface area contributed by atoms with Crippen LogP contribution in [0, 0.1) is 11.3 Å². The number of aliphatic imine (C=N–C) groups is 1. The fourth-order valence-electron chi connectivity index (χ4n) is 3.39. The predicted octanol–water partition coefficient (Wildman–Crippen LogP) is 5.42. The van der Waals surface area contributed by atoms with Crippen LogP contribution in [0.3, 0.4) is 0 Å². The topological polar surface area (TPSA) is 48.5 Å². The Morgan fingerprint density at radius 1 is 0.567 bits per heavy atom. The van der Waals surface area contributed by atoms with Crippen molar-refractivity contribution in [3.63, 3.8) is 0 Å². The first-order valence-electron chi connectivity index (χ1n) is 9.66. The van der Waals surface area contributed by atoms with E-state index >= 15 is 0 Å². The number of rotatable bonds is 4. The van der Waals surface area contributed by atoms with Crippen LogP contribution in [-0.4, -0.2) is 5.84 Å². The van der Waals surface area contributed by atoms with Gasteiger partial charge in [0.05, 0.1) is 12.7 Å². The zero-order valence-corrected chi connectivity index (χ0v) is 17.2. The summed E-state index contributed by atoms with van der Waals surface area (Å²) in [7, 11) is -2.49. The Kier molecular flexibility index (Phi) is 5.99. The SMILES string of the molecule is N#CC(=Nc1ccccc1)N=P(c1ccccc1)(c1ccccc1)c1ccccc1. The molecule has 0 amide bonds. The highest BCUT2D eigenvalue weighted by molar-refractivity contribution is 7.87. The molecule has 0 aliphatic rings.